The van der Waals surface area contributed by atoms with E-state index in [1.165, 1.54) is 24.3 Å². The van der Waals surface area contributed by atoms with Gasteiger partial charge in [0.1, 0.15) is 29.2 Å². The first kappa shape index (κ1) is 19.5. The van der Waals surface area contributed by atoms with Gasteiger partial charge in [-0.25, -0.2) is 9.59 Å². The summed E-state index contributed by atoms with van der Waals surface area (Å²) in [6.45, 7) is 6.73. The third-order valence-corrected chi connectivity index (χ3v) is 3.97. The van der Waals surface area contributed by atoms with Gasteiger partial charge < -0.3 is 19.5 Å². The van der Waals surface area contributed by atoms with Crippen molar-refractivity contribution in [1.29, 1.82) is 0 Å². The molecule has 6 heteroatoms. The van der Waals surface area contributed by atoms with Crippen molar-refractivity contribution in [3.8, 4) is 11.5 Å². The lowest BCUT2D eigenvalue weighted by Gasteiger charge is -2.17. The molecule has 2 rings (SSSR count). The van der Waals surface area contributed by atoms with Crippen molar-refractivity contribution in [1.82, 2.24) is 4.90 Å². The molecule has 2 aromatic carbocycles. The molecule has 0 bridgehead atoms. The summed E-state index contributed by atoms with van der Waals surface area (Å²) in [6, 6.07) is 12.4. The van der Waals surface area contributed by atoms with Crippen molar-refractivity contribution in [3.63, 3.8) is 0 Å². The van der Waals surface area contributed by atoms with Crippen molar-refractivity contribution in [2.75, 3.05) is 26.2 Å². The van der Waals surface area contributed by atoms with E-state index in [9.17, 15) is 14.7 Å². The zero-order chi connectivity index (χ0) is 18.9. The maximum Gasteiger partial charge on any atom is 0.347 e. The first-order valence-electron chi connectivity index (χ1n) is 8.55. The number of aromatic hydroxyl groups is 1. The van der Waals surface area contributed by atoms with E-state index in [1.54, 1.807) is 24.3 Å². The summed E-state index contributed by atoms with van der Waals surface area (Å²) in [5.74, 6) is -1.39. The fraction of sp³-hybridized carbons (Fsp3) is 0.300. The van der Waals surface area contributed by atoms with Gasteiger partial charge in [0.2, 0.25) is 0 Å². The summed E-state index contributed by atoms with van der Waals surface area (Å²) in [4.78, 5) is 26.7. The average molecular weight is 357 g/mol. The maximum absolute atomic E-state index is 12.3. The van der Waals surface area contributed by atoms with Crippen LogP contribution >= 0.6 is 0 Å². The number of esters is 2. The third-order valence-electron chi connectivity index (χ3n) is 3.97. The molecule has 0 atom stereocenters. The van der Waals surface area contributed by atoms with Gasteiger partial charge >= 0.3 is 11.9 Å². The molecule has 0 unspecified atom stereocenters. The number of nitrogens with zero attached hydrogens (tertiary/aromatic N) is 1. The van der Waals surface area contributed by atoms with E-state index in [-0.39, 0.29) is 29.2 Å². The second-order valence-corrected chi connectivity index (χ2v) is 5.57. The van der Waals surface area contributed by atoms with E-state index < -0.39 is 11.9 Å². The Hall–Kier alpha value is -2.86. The Balaban J connectivity index is 2.06. The number of hydrogen-bond donors (Lipinski definition) is 1. The van der Waals surface area contributed by atoms with Crippen molar-refractivity contribution < 1.29 is 24.2 Å². The number of hydrogen-bond acceptors (Lipinski definition) is 6. The highest BCUT2D eigenvalue weighted by atomic mass is 16.5. The Bertz CT molecular complexity index is 755. The highest BCUT2D eigenvalue weighted by Gasteiger charge is 2.19. The van der Waals surface area contributed by atoms with Gasteiger partial charge in [0.25, 0.3) is 0 Å². The lowest BCUT2D eigenvalue weighted by molar-refractivity contribution is 0.0461. The maximum atomic E-state index is 12.3. The minimum absolute atomic E-state index is 0.0252. The molecule has 0 heterocycles. The van der Waals surface area contributed by atoms with E-state index in [4.69, 9.17) is 9.47 Å². The molecular formula is C20H23NO5. The number of rotatable bonds is 8. The van der Waals surface area contributed by atoms with Gasteiger partial charge in [-0.05, 0) is 37.4 Å². The predicted octanol–water partition coefficient (Wildman–Crippen LogP) is 3.11. The number of ether oxygens (including phenoxy) is 2. The number of likely N-dealkylation sites (N-methyl/N-ethyl adjacent to an activating group) is 1. The molecule has 26 heavy (non-hydrogen) atoms. The van der Waals surface area contributed by atoms with E-state index >= 15 is 0 Å². The summed E-state index contributed by atoms with van der Waals surface area (Å²) in [6.07, 6.45) is 0. The van der Waals surface area contributed by atoms with Crippen LogP contribution in [0.5, 0.6) is 11.5 Å². The molecule has 0 spiro atoms. The topological polar surface area (TPSA) is 76.1 Å². The fourth-order valence-electron chi connectivity index (χ4n) is 2.41. The summed E-state index contributed by atoms with van der Waals surface area (Å²) >= 11 is 0. The molecule has 0 saturated heterocycles. The minimum atomic E-state index is -0.744. The number of phenols is 1. The first-order chi connectivity index (χ1) is 12.6. The van der Waals surface area contributed by atoms with Gasteiger partial charge in [-0.1, -0.05) is 38.1 Å². The van der Waals surface area contributed by atoms with Crippen LogP contribution in [-0.4, -0.2) is 48.2 Å². The first-order valence-corrected chi connectivity index (χ1v) is 8.55. The molecule has 1 N–H and O–H groups in total. The molecule has 2 aromatic rings. The van der Waals surface area contributed by atoms with Gasteiger partial charge in [0, 0.05) is 6.54 Å². The summed E-state index contributed by atoms with van der Waals surface area (Å²) in [7, 11) is 0. The average Bonchev–Trinajstić information content (AvgIpc) is 2.66. The van der Waals surface area contributed by atoms with Crippen LogP contribution in [0.2, 0.25) is 0 Å². The second kappa shape index (κ2) is 9.58. The lowest BCUT2D eigenvalue weighted by Crippen LogP contribution is -2.28. The summed E-state index contributed by atoms with van der Waals surface area (Å²) in [5, 5.41) is 9.76. The number of para-hydroxylation sites is 2. The van der Waals surface area contributed by atoms with Crippen LogP contribution in [0.4, 0.5) is 0 Å². The van der Waals surface area contributed by atoms with Crippen molar-refractivity contribution in [2.24, 2.45) is 0 Å². The zero-order valence-electron chi connectivity index (χ0n) is 15.0. The smallest absolute Gasteiger partial charge is 0.347 e. The Morgan fingerprint density at radius 3 is 2.19 bits per heavy atom. The molecule has 6 nitrogen and oxygen atoms in total. The lowest BCUT2D eigenvalue weighted by atomic mass is 10.2. The van der Waals surface area contributed by atoms with Crippen molar-refractivity contribution in [3.05, 3.63) is 59.7 Å². The normalized spacial score (nSPS) is 10.6. The predicted molar refractivity (Wildman–Crippen MR) is 97.6 cm³/mol. The molecule has 0 aromatic heterocycles. The molecule has 0 aliphatic rings. The van der Waals surface area contributed by atoms with E-state index in [0.717, 1.165) is 13.1 Å². The Labute approximate surface area is 153 Å². The number of phenolic OH excluding ortho intramolecular Hbond substituents is 1. The van der Waals surface area contributed by atoms with E-state index in [1.807, 2.05) is 13.8 Å². The molecule has 0 aliphatic carbocycles. The highest BCUT2D eigenvalue weighted by Crippen LogP contribution is 2.23. The quantitative estimate of drug-likeness (QED) is 0.578. The van der Waals surface area contributed by atoms with E-state index in [0.29, 0.717) is 6.54 Å². The van der Waals surface area contributed by atoms with Gasteiger partial charge in [0.15, 0.2) is 0 Å². The standard InChI is InChI=1S/C20H23NO5/c1-3-21(4-2)13-14-25-19(23)16-10-6-8-12-18(16)26-20(24)15-9-5-7-11-17(15)22/h5-12,22H,3-4,13-14H2,1-2H3. The Morgan fingerprint density at radius 2 is 1.54 bits per heavy atom. The van der Waals surface area contributed by atoms with Crippen LogP contribution in [0.3, 0.4) is 0 Å². The molecule has 0 saturated carbocycles. The van der Waals surface area contributed by atoms with Gasteiger partial charge in [0.05, 0.1) is 0 Å². The van der Waals surface area contributed by atoms with Crippen LogP contribution in [0, 0.1) is 0 Å². The monoisotopic (exact) mass is 357 g/mol. The zero-order valence-corrected chi connectivity index (χ0v) is 15.0. The molecule has 0 amide bonds. The van der Waals surface area contributed by atoms with Crippen LogP contribution in [0.15, 0.2) is 48.5 Å². The number of carbonyl (C=O) groups excluding carboxylic acids is 2. The minimum Gasteiger partial charge on any atom is -0.507 e. The molecule has 0 fully saturated rings. The third kappa shape index (κ3) is 5.07. The SMILES string of the molecule is CCN(CC)CCOC(=O)c1ccccc1OC(=O)c1ccccc1O. The molecule has 0 radical (unpaired) electrons. The number of benzene rings is 2. The van der Waals surface area contributed by atoms with Crippen molar-refractivity contribution >= 4 is 11.9 Å². The van der Waals surface area contributed by atoms with Gasteiger partial charge in [-0.15, -0.1) is 0 Å². The molecule has 138 valence electrons. The van der Waals surface area contributed by atoms with Gasteiger partial charge in [-0.3, -0.25) is 0 Å². The molecule has 0 aliphatic heterocycles. The van der Waals surface area contributed by atoms with Crippen molar-refractivity contribution in [2.45, 2.75) is 13.8 Å². The van der Waals surface area contributed by atoms with Crippen LogP contribution in [0.1, 0.15) is 34.6 Å². The van der Waals surface area contributed by atoms with Crippen LogP contribution in [-0.2, 0) is 4.74 Å². The summed E-state index contributed by atoms with van der Waals surface area (Å²) in [5.41, 5.74) is 0.188. The Kier molecular flexibility index (Phi) is 7.17. The van der Waals surface area contributed by atoms with Crippen LogP contribution < -0.4 is 4.74 Å². The number of carbonyl (C=O) groups is 2. The highest BCUT2D eigenvalue weighted by molar-refractivity contribution is 5.97. The van der Waals surface area contributed by atoms with E-state index in [2.05, 4.69) is 4.90 Å². The van der Waals surface area contributed by atoms with Crippen LogP contribution in [0.25, 0.3) is 0 Å². The second-order valence-electron chi connectivity index (χ2n) is 5.57. The fourth-order valence-corrected chi connectivity index (χ4v) is 2.41. The summed E-state index contributed by atoms with van der Waals surface area (Å²) < 4.78 is 10.6. The molecular weight excluding hydrogens is 334 g/mol. The largest absolute Gasteiger partial charge is 0.507 e. The Morgan fingerprint density at radius 1 is 0.923 bits per heavy atom. The van der Waals surface area contributed by atoms with Gasteiger partial charge in [-0.2, -0.15) is 0 Å².